The monoisotopic (exact) mass is 284 g/mol. The summed E-state index contributed by atoms with van der Waals surface area (Å²) in [5.41, 5.74) is 1.11. The molecule has 5 nitrogen and oxygen atoms in total. The van der Waals surface area contributed by atoms with Crippen LogP contribution < -0.4 is 10.6 Å². The fourth-order valence-electron chi connectivity index (χ4n) is 1.58. The number of amides is 1. The number of nitrogens with one attached hydrogen (secondary N) is 2. The number of halogens is 1. The maximum atomic E-state index is 10.9. The Bertz CT molecular complexity index is 434. The Balaban J connectivity index is 2.30. The minimum absolute atomic E-state index is 0.197. The lowest BCUT2D eigenvalue weighted by atomic mass is 10.1. The molecule has 1 aromatic rings. The smallest absolute Gasteiger partial charge is 0.327 e. The molecule has 0 aliphatic carbocycles. The maximum absolute atomic E-state index is 10.9. The summed E-state index contributed by atoms with van der Waals surface area (Å²) in [6.45, 7) is 2.12. The van der Waals surface area contributed by atoms with Crippen molar-refractivity contribution in [3.8, 4) is 0 Å². The third-order valence-corrected chi connectivity index (χ3v) is 2.78. The molecule has 1 amide bonds. The van der Waals surface area contributed by atoms with Crippen molar-refractivity contribution in [2.75, 3.05) is 13.1 Å². The number of hydrogen-bond acceptors (Lipinski definition) is 3. The fraction of sp³-hybridized carbons (Fsp3) is 0.385. The summed E-state index contributed by atoms with van der Waals surface area (Å²) < 4.78 is 0. The van der Waals surface area contributed by atoms with Gasteiger partial charge < -0.3 is 15.7 Å². The molecule has 0 heterocycles. The van der Waals surface area contributed by atoms with Gasteiger partial charge in [0.1, 0.15) is 6.04 Å². The van der Waals surface area contributed by atoms with Gasteiger partial charge in [0.05, 0.1) is 0 Å². The second kappa shape index (κ2) is 7.76. The highest BCUT2D eigenvalue weighted by Gasteiger charge is 2.17. The molecule has 0 saturated carbocycles. The molecule has 3 N–H and O–H groups in total. The summed E-state index contributed by atoms with van der Waals surface area (Å²) in [6.07, 6.45) is 0.767. The van der Waals surface area contributed by atoms with E-state index in [2.05, 4.69) is 10.6 Å². The highest BCUT2D eigenvalue weighted by Crippen LogP contribution is 2.09. The highest BCUT2D eigenvalue weighted by atomic mass is 35.5. The van der Waals surface area contributed by atoms with Crippen LogP contribution in [0.5, 0.6) is 0 Å². The van der Waals surface area contributed by atoms with Crippen LogP contribution in [0.2, 0.25) is 5.02 Å². The Morgan fingerprint density at radius 3 is 2.47 bits per heavy atom. The molecule has 1 atom stereocenters. The van der Waals surface area contributed by atoms with Crippen molar-refractivity contribution >= 4 is 23.5 Å². The number of hydrogen-bond donors (Lipinski definition) is 3. The molecule has 6 heteroatoms. The van der Waals surface area contributed by atoms with E-state index in [1.54, 1.807) is 0 Å². The van der Waals surface area contributed by atoms with Crippen LogP contribution in [0.15, 0.2) is 24.3 Å². The second-order valence-electron chi connectivity index (χ2n) is 4.17. The number of carboxylic acids is 1. The Hall–Kier alpha value is -1.59. The van der Waals surface area contributed by atoms with Gasteiger partial charge >= 0.3 is 5.97 Å². The number of carboxylic acid groups (broad SMARTS) is 1. The van der Waals surface area contributed by atoms with Crippen molar-refractivity contribution in [1.29, 1.82) is 0 Å². The normalized spacial score (nSPS) is 11.9. The summed E-state index contributed by atoms with van der Waals surface area (Å²) in [7, 11) is 0. The molecule has 1 aromatic carbocycles. The lowest BCUT2D eigenvalue weighted by Crippen LogP contribution is -2.46. The van der Waals surface area contributed by atoms with Gasteiger partial charge in [0.25, 0.3) is 0 Å². The zero-order valence-corrected chi connectivity index (χ0v) is 11.4. The molecule has 0 aromatic heterocycles. The Kier molecular flexibility index (Phi) is 6.32. The molecule has 0 aliphatic rings. The van der Waals surface area contributed by atoms with Crippen LogP contribution in [-0.2, 0) is 16.0 Å². The number of benzene rings is 1. The van der Waals surface area contributed by atoms with Crippen molar-refractivity contribution in [3.05, 3.63) is 34.9 Å². The van der Waals surface area contributed by atoms with E-state index < -0.39 is 12.0 Å². The molecule has 0 bridgehead atoms. The molecule has 1 rings (SSSR count). The molecule has 1 unspecified atom stereocenters. The quantitative estimate of drug-likeness (QED) is 0.654. The molecule has 0 aliphatic heterocycles. The minimum atomic E-state index is -1.05. The first-order valence-electron chi connectivity index (χ1n) is 5.94. The van der Waals surface area contributed by atoms with E-state index in [0.717, 1.165) is 12.0 Å². The van der Waals surface area contributed by atoms with E-state index in [-0.39, 0.29) is 12.5 Å². The molecular formula is C13H17ClN2O3. The van der Waals surface area contributed by atoms with E-state index in [4.69, 9.17) is 16.7 Å². The molecule has 0 saturated heterocycles. The average Bonchev–Trinajstić information content (AvgIpc) is 2.34. The molecule has 0 spiro atoms. The third kappa shape index (κ3) is 6.22. The summed E-state index contributed by atoms with van der Waals surface area (Å²) in [4.78, 5) is 21.7. The van der Waals surface area contributed by atoms with Gasteiger partial charge in [-0.25, -0.2) is 4.79 Å². The van der Waals surface area contributed by atoms with Gasteiger partial charge in [-0.05, 0) is 30.7 Å². The average molecular weight is 285 g/mol. The third-order valence-electron chi connectivity index (χ3n) is 2.53. The molecule has 0 fully saturated rings. The zero-order chi connectivity index (χ0) is 14.3. The number of rotatable bonds is 7. The Morgan fingerprint density at radius 2 is 1.95 bits per heavy atom. The lowest BCUT2D eigenvalue weighted by molar-refractivity contribution is -0.141. The largest absolute Gasteiger partial charge is 0.480 e. The van der Waals surface area contributed by atoms with Gasteiger partial charge in [-0.3, -0.25) is 4.79 Å². The van der Waals surface area contributed by atoms with Crippen LogP contribution in [0.4, 0.5) is 0 Å². The van der Waals surface area contributed by atoms with Crippen molar-refractivity contribution in [2.45, 2.75) is 19.4 Å². The van der Waals surface area contributed by atoms with Gasteiger partial charge in [0.15, 0.2) is 0 Å². The van der Waals surface area contributed by atoms with Crippen molar-refractivity contribution in [2.24, 2.45) is 0 Å². The van der Waals surface area contributed by atoms with Crippen LogP contribution >= 0.6 is 11.6 Å². The predicted octanol–water partition coefficient (Wildman–Crippen LogP) is 1.06. The van der Waals surface area contributed by atoms with E-state index in [1.165, 1.54) is 6.92 Å². The van der Waals surface area contributed by atoms with E-state index in [1.807, 2.05) is 24.3 Å². The summed E-state index contributed by atoms with van der Waals surface area (Å²) in [5, 5.41) is 15.0. The van der Waals surface area contributed by atoms with Crippen LogP contribution in [0.1, 0.15) is 12.5 Å². The second-order valence-corrected chi connectivity index (χ2v) is 4.61. The number of aliphatic carboxylic acids is 1. The van der Waals surface area contributed by atoms with Gasteiger partial charge in [0.2, 0.25) is 5.91 Å². The van der Waals surface area contributed by atoms with Gasteiger partial charge in [-0.2, -0.15) is 0 Å². The Morgan fingerprint density at radius 1 is 1.32 bits per heavy atom. The van der Waals surface area contributed by atoms with Gasteiger partial charge in [0, 0.05) is 18.5 Å². The summed E-state index contributed by atoms with van der Waals surface area (Å²) in [6, 6.07) is 6.57. The van der Waals surface area contributed by atoms with Crippen LogP contribution in [0.25, 0.3) is 0 Å². The first kappa shape index (κ1) is 15.5. The van der Waals surface area contributed by atoms with Gasteiger partial charge in [-0.1, -0.05) is 23.7 Å². The van der Waals surface area contributed by atoms with Crippen molar-refractivity contribution < 1.29 is 14.7 Å². The summed E-state index contributed by atoms with van der Waals surface area (Å²) >= 11 is 5.78. The molecule has 19 heavy (non-hydrogen) atoms. The summed E-state index contributed by atoms with van der Waals surface area (Å²) in [5.74, 6) is -1.40. The molecule has 104 valence electrons. The van der Waals surface area contributed by atoms with Crippen molar-refractivity contribution in [1.82, 2.24) is 10.6 Å². The van der Waals surface area contributed by atoms with Crippen LogP contribution in [0, 0.1) is 0 Å². The van der Waals surface area contributed by atoms with Crippen LogP contribution in [0.3, 0.4) is 0 Å². The minimum Gasteiger partial charge on any atom is -0.480 e. The SMILES string of the molecule is CC(=O)NC(CNCCc1ccc(Cl)cc1)C(=O)O. The van der Waals surface area contributed by atoms with E-state index in [0.29, 0.717) is 11.6 Å². The highest BCUT2D eigenvalue weighted by molar-refractivity contribution is 6.30. The molecular weight excluding hydrogens is 268 g/mol. The fourth-order valence-corrected chi connectivity index (χ4v) is 1.70. The van der Waals surface area contributed by atoms with Crippen molar-refractivity contribution in [3.63, 3.8) is 0 Å². The lowest BCUT2D eigenvalue weighted by Gasteiger charge is -2.14. The first-order chi connectivity index (χ1) is 8.99. The van der Waals surface area contributed by atoms with Crippen LogP contribution in [-0.4, -0.2) is 36.1 Å². The standard InChI is InChI=1S/C13H17ClN2O3/c1-9(17)16-12(13(18)19)8-15-7-6-10-2-4-11(14)5-3-10/h2-5,12,15H,6-8H2,1H3,(H,16,17)(H,18,19). The zero-order valence-electron chi connectivity index (χ0n) is 10.6. The van der Waals surface area contributed by atoms with Gasteiger partial charge in [-0.15, -0.1) is 0 Å². The predicted molar refractivity (Wildman–Crippen MR) is 73.3 cm³/mol. The topological polar surface area (TPSA) is 78.4 Å². The van der Waals surface area contributed by atoms with E-state index in [9.17, 15) is 9.59 Å². The maximum Gasteiger partial charge on any atom is 0.327 e. The molecule has 0 radical (unpaired) electrons. The first-order valence-corrected chi connectivity index (χ1v) is 6.32. The van der Waals surface area contributed by atoms with E-state index >= 15 is 0 Å². The number of carbonyl (C=O) groups is 2. The number of carbonyl (C=O) groups excluding carboxylic acids is 1. The Labute approximate surface area is 117 Å².